The predicted octanol–water partition coefficient (Wildman–Crippen LogP) is 3.89. The zero-order valence-corrected chi connectivity index (χ0v) is 23.4. The Morgan fingerprint density at radius 2 is 1.56 bits per heavy atom. The van der Waals surface area contributed by atoms with Gasteiger partial charge in [0.15, 0.2) is 0 Å². The second kappa shape index (κ2) is 12.7. The number of hydrogen-bond donors (Lipinski definition) is 2. The van der Waals surface area contributed by atoms with Crippen LogP contribution in [0.2, 0.25) is 0 Å². The van der Waals surface area contributed by atoms with Gasteiger partial charge in [-0.05, 0) is 59.4 Å². The molecule has 0 aliphatic heterocycles. The molecule has 0 heterocycles. The van der Waals surface area contributed by atoms with Gasteiger partial charge in [0, 0.05) is 5.54 Å². The van der Waals surface area contributed by atoms with E-state index in [4.69, 9.17) is 4.74 Å². The van der Waals surface area contributed by atoms with E-state index in [2.05, 4.69) is 15.4 Å². The van der Waals surface area contributed by atoms with E-state index in [1.54, 1.807) is 32.9 Å². The van der Waals surface area contributed by atoms with Crippen LogP contribution in [0, 0.1) is 12.8 Å². The summed E-state index contributed by atoms with van der Waals surface area (Å²) in [5.74, 6) is -1.86. The smallest absolute Gasteiger partial charge is 0.408 e. The third kappa shape index (κ3) is 8.84. The minimum Gasteiger partial charge on any atom is -0.468 e. The zero-order chi connectivity index (χ0) is 27.8. The molecule has 1 rings (SSSR count). The van der Waals surface area contributed by atoms with Crippen molar-refractivity contribution >= 4 is 23.9 Å². The molecule has 2 atom stereocenters. The highest BCUT2D eigenvalue weighted by Crippen LogP contribution is 2.33. The van der Waals surface area contributed by atoms with Crippen molar-refractivity contribution in [2.45, 2.75) is 92.0 Å². The van der Waals surface area contributed by atoms with E-state index >= 15 is 0 Å². The summed E-state index contributed by atoms with van der Waals surface area (Å²) in [4.78, 5) is 53.5. The van der Waals surface area contributed by atoms with E-state index < -0.39 is 47.1 Å². The topological polar surface area (TPSA) is 114 Å². The Morgan fingerprint density at radius 1 is 1.00 bits per heavy atom. The molecule has 0 aromatic heterocycles. The number of rotatable bonds is 10. The maximum Gasteiger partial charge on any atom is 0.408 e. The molecular formula is C27H43N3O6. The fourth-order valence-electron chi connectivity index (χ4n) is 3.54. The summed E-state index contributed by atoms with van der Waals surface area (Å²) < 4.78 is 10.0. The lowest BCUT2D eigenvalue weighted by molar-refractivity contribution is -0.151. The quantitative estimate of drug-likeness (QED) is 0.466. The normalized spacial score (nSPS) is 13.4. The van der Waals surface area contributed by atoms with Crippen LogP contribution in [-0.4, -0.2) is 59.6 Å². The van der Waals surface area contributed by atoms with Gasteiger partial charge >= 0.3 is 12.1 Å². The van der Waals surface area contributed by atoms with Crippen LogP contribution in [0.4, 0.5) is 4.79 Å². The maximum atomic E-state index is 14.2. The molecule has 2 unspecified atom stereocenters. The van der Waals surface area contributed by atoms with Crippen LogP contribution in [0.5, 0.6) is 0 Å². The number of alkyl carbamates (subject to hydrolysis) is 1. The molecule has 2 N–H and O–H groups in total. The lowest BCUT2D eigenvalue weighted by Gasteiger charge is -2.45. The number of ether oxygens (including phenoxy) is 2. The van der Waals surface area contributed by atoms with Crippen LogP contribution in [0.15, 0.2) is 24.3 Å². The average Bonchev–Trinajstić information content (AvgIpc) is 2.77. The van der Waals surface area contributed by atoms with Crippen molar-refractivity contribution in [1.29, 1.82) is 0 Å². The Balaban J connectivity index is 3.58. The molecule has 0 aliphatic rings. The van der Waals surface area contributed by atoms with Crippen molar-refractivity contribution in [2.75, 3.05) is 13.7 Å². The number of nitrogens with one attached hydrogen (secondary N) is 2. The van der Waals surface area contributed by atoms with E-state index in [9.17, 15) is 19.2 Å². The van der Waals surface area contributed by atoms with Gasteiger partial charge in [-0.2, -0.15) is 0 Å². The standard InChI is InChI=1S/C27H43N3O6/c1-11-27(8,9)30(24(33)21(17(2)3)29-25(34)36-26(5,6)7)22(19-14-12-18(4)13-15-19)23(32)28-16-20(31)35-10/h12-15,17,21-22H,11,16H2,1-10H3,(H,28,32)(H,29,34). The monoisotopic (exact) mass is 505 g/mol. The molecule has 0 spiro atoms. The van der Waals surface area contributed by atoms with Crippen molar-refractivity contribution in [2.24, 2.45) is 5.92 Å². The Bertz CT molecular complexity index is 918. The van der Waals surface area contributed by atoms with Crippen LogP contribution in [0.3, 0.4) is 0 Å². The first kappa shape index (κ1) is 30.9. The van der Waals surface area contributed by atoms with Gasteiger partial charge in [0.05, 0.1) is 7.11 Å². The fourth-order valence-corrected chi connectivity index (χ4v) is 3.54. The van der Waals surface area contributed by atoms with Crippen molar-refractivity contribution in [1.82, 2.24) is 15.5 Å². The van der Waals surface area contributed by atoms with Crippen molar-refractivity contribution in [3.05, 3.63) is 35.4 Å². The van der Waals surface area contributed by atoms with E-state index in [1.165, 1.54) is 12.0 Å². The number of aryl methyl sites for hydroxylation is 1. The first-order valence-corrected chi connectivity index (χ1v) is 12.3. The fraction of sp³-hybridized carbons (Fsp3) is 0.630. The third-order valence-corrected chi connectivity index (χ3v) is 5.89. The molecule has 0 radical (unpaired) electrons. The summed E-state index contributed by atoms with van der Waals surface area (Å²) in [5.41, 5.74) is 0.0529. The molecule has 3 amide bonds. The number of methoxy groups -OCH3 is 1. The summed E-state index contributed by atoms with van der Waals surface area (Å²) in [6, 6.07) is 5.28. The SMILES string of the molecule is CCC(C)(C)N(C(=O)C(NC(=O)OC(C)(C)C)C(C)C)C(C(=O)NCC(=O)OC)c1ccc(C)cc1. The zero-order valence-electron chi connectivity index (χ0n) is 23.4. The van der Waals surface area contributed by atoms with Gasteiger partial charge in [0.25, 0.3) is 0 Å². The number of hydrogen-bond acceptors (Lipinski definition) is 6. The van der Waals surface area contributed by atoms with Crippen LogP contribution in [-0.2, 0) is 23.9 Å². The number of carbonyl (C=O) groups excluding carboxylic acids is 4. The molecular weight excluding hydrogens is 462 g/mol. The first-order valence-electron chi connectivity index (χ1n) is 12.3. The van der Waals surface area contributed by atoms with Crippen molar-refractivity contribution in [3.8, 4) is 0 Å². The van der Waals surface area contributed by atoms with E-state index in [0.29, 0.717) is 12.0 Å². The Labute approximate surface area is 215 Å². The molecule has 0 fully saturated rings. The summed E-state index contributed by atoms with van der Waals surface area (Å²) in [5, 5.41) is 5.30. The van der Waals surface area contributed by atoms with Gasteiger partial charge in [-0.25, -0.2) is 4.79 Å². The summed E-state index contributed by atoms with van der Waals surface area (Å²) in [7, 11) is 1.23. The molecule has 0 aliphatic carbocycles. The Morgan fingerprint density at radius 3 is 2.00 bits per heavy atom. The lowest BCUT2D eigenvalue weighted by atomic mass is 9.90. The van der Waals surface area contributed by atoms with Crippen LogP contribution in [0.1, 0.15) is 79.0 Å². The maximum absolute atomic E-state index is 14.2. The largest absolute Gasteiger partial charge is 0.468 e. The molecule has 1 aromatic carbocycles. The number of amides is 3. The molecule has 36 heavy (non-hydrogen) atoms. The highest BCUT2D eigenvalue weighted by atomic mass is 16.6. The number of nitrogens with zero attached hydrogens (tertiary/aromatic N) is 1. The molecule has 0 bridgehead atoms. The van der Waals surface area contributed by atoms with Gasteiger partial charge in [0.1, 0.15) is 24.2 Å². The highest BCUT2D eigenvalue weighted by molar-refractivity contribution is 5.93. The lowest BCUT2D eigenvalue weighted by Crippen LogP contribution is -2.60. The number of benzene rings is 1. The van der Waals surface area contributed by atoms with Crippen LogP contribution in [0.25, 0.3) is 0 Å². The second-order valence-corrected chi connectivity index (χ2v) is 10.8. The second-order valence-electron chi connectivity index (χ2n) is 10.8. The van der Waals surface area contributed by atoms with Gasteiger partial charge in [-0.1, -0.05) is 50.6 Å². The first-order chi connectivity index (χ1) is 16.5. The van der Waals surface area contributed by atoms with Crippen LogP contribution < -0.4 is 10.6 Å². The van der Waals surface area contributed by atoms with Gasteiger partial charge in [-0.3, -0.25) is 14.4 Å². The summed E-state index contributed by atoms with van der Waals surface area (Å²) in [6.07, 6.45) is -0.186. The highest BCUT2D eigenvalue weighted by Gasteiger charge is 2.43. The minimum absolute atomic E-state index is 0.294. The average molecular weight is 506 g/mol. The van der Waals surface area contributed by atoms with E-state index in [-0.39, 0.29) is 12.5 Å². The molecule has 0 saturated carbocycles. The molecule has 1 aromatic rings. The third-order valence-electron chi connectivity index (χ3n) is 5.89. The van der Waals surface area contributed by atoms with E-state index in [1.807, 2.05) is 53.7 Å². The summed E-state index contributed by atoms with van der Waals surface area (Å²) >= 11 is 0. The van der Waals surface area contributed by atoms with E-state index in [0.717, 1.165) is 5.56 Å². The molecule has 0 saturated heterocycles. The number of esters is 1. The number of carbonyl (C=O) groups is 4. The Kier molecular flexibility index (Phi) is 10.9. The van der Waals surface area contributed by atoms with Gasteiger partial charge in [0.2, 0.25) is 11.8 Å². The molecule has 9 nitrogen and oxygen atoms in total. The predicted molar refractivity (Wildman–Crippen MR) is 138 cm³/mol. The van der Waals surface area contributed by atoms with Crippen molar-refractivity contribution < 1.29 is 28.7 Å². The molecule has 9 heteroatoms. The summed E-state index contributed by atoms with van der Waals surface area (Å²) in [6.45, 7) is 16.1. The van der Waals surface area contributed by atoms with Crippen molar-refractivity contribution in [3.63, 3.8) is 0 Å². The molecule has 202 valence electrons. The van der Waals surface area contributed by atoms with Gasteiger partial charge in [-0.15, -0.1) is 0 Å². The van der Waals surface area contributed by atoms with Gasteiger partial charge < -0.3 is 25.0 Å². The Hall–Kier alpha value is -3.10. The minimum atomic E-state index is -1.06. The van der Waals surface area contributed by atoms with Crippen LogP contribution >= 0.6 is 0 Å².